The summed E-state index contributed by atoms with van der Waals surface area (Å²) in [7, 11) is -3.02. The van der Waals surface area contributed by atoms with Crippen molar-refractivity contribution in [2.24, 2.45) is 0 Å². The lowest BCUT2D eigenvalue weighted by molar-refractivity contribution is 0.592. The van der Waals surface area contributed by atoms with E-state index >= 15 is 0 Å². The quantitative estimate of drug-likeness (QED) is 0.209. The van der Waals surface area contributed by atoms with E-state index in [0.29, 0.717) is 0 Å². The monoisotopic (exact) mass is 531 g/mol. The lowest BCUT2D eigenvalue weighted by Crippen LogP contribution is -2.24. The molecule has 0 spiro atoms. The first-order valence-electron chi connectivity index (χ1n) is 13.4. The highest BCUT2D eigenvalue weighted by molar-refractivity contribution is 7.85. The van der Waals surface area contributed by atoms with E-state index in [-0.39, 0.29) is 0 Å². The van der Waals surface area contributed by atoms with E-state index in [1.165, 1.54) is 10.8 Å². The molecule has 0 amide bonds. The fraction of sp³-hybridized carbons (Fsp3) is 0. The van der Waals surface area contributed by atoms with Gasteiger partial charge in [0.15, 0.2) is 7.14 Å². The SMILES string of the molecule is O=P(c1ccccc1)(c1ccccc1)c1ccc(-c2cnc(-c3cccc4ccccc34)c3ccccc23)cc1. The molecule has 1 heterocycles. The minimum Gasteiger partial charge on any atom is -0.309 e. The third-order valence-corrected chi connectivity index (χ3v) is 10.7. The summed E-state index contributed by atoms with van der Waals surface area (Å²) >= 11 is 0. The van der Waals surface area contributed by atoms with Crippen molar-refractivity contribution >= 4 is 44.6 Å². The van der Waals surface area contributed by atoms with Crippen LogP contribution in [0.2, 0.25) is 0 Å². The standard InChI is InChI=1S/C37H26NOP/c39-40(29-14-3-1-4-15-29,30-16-5-2-6-17-30)31-24-22-28(23-25-31)36-26-38-37(35-20-10-9-19-33(35)36)34-21-11-13-27-12-7-8-18-32(27)34/h1-26H. The van der Waals surface area contributed by atoms with Gasteiger partial charge >= 0.3 is 0 Å². The predicted octanol–water partition coefficient (Wildman–Crippen LogP) is 8.36. The second-order valence-electron chi connectivity index (χ2n) is 9.92. The van der Waals surface area contributed by atoms with Crippen LogP contribution < -0.4 is 15.9 Å². The second kappa shape index (κ2) is 10.1. The third-order valence-electron chi connectivity index (χ3n) is 7.62. The molecule has 40 heavy (non-hydrogen) atoms. The number of fused-ring (bicyclic) bond motifs is 2. The van der Waals surface area contributed by atoms with Crippen LogP contribution in [0.25, 0.3) is 43.9 Å². The first kappa shape index (κ1) is 24.3. The third kappa shape index (κ3) is 4.06. The van der Waals surface area contributed by atoms with Crippen molar-refractivity contribution in [3.8, 4) is 22.4 Å². The molecular weight excluding hydrogens is 505 g/mol. The summed E-state index contributed by atoms with van der Waals surface area (Å²) in [5.74, 6) is 0. The topological polar surface area (TPSA) is 30.0 Å². The van der Waals surface area contributed by atoms with E-state index in [1.54, 1.807) is 0 Å². The highest BCUT2D eigenvalue weighted by atomic mass is 31.2. The molecule has 3 heteroatoms. The number of hydrogen-bond acceptors (Lipinski definition) is 2. The summed E-state index contributed by atoms with van der Waals surface area (Å²) in [6.07, 6.45) is 1.97. The molecule has 2 nitrogen and oxygen atoms in total. The molecule has 6 aromatic carbocycles. The Labute approximate surface area is 234 Å². The highest BCUT2D eigenvalue weighted by Crippen LogP contribution is 2.43. The van der Waals surface area contributed by atoms with Gasteiger partial charge in [-0.2, -0.15) is 0 Å². The van der Waals surface area contributed by atoms with Crippen LogP contribution >= 0.6 is 7.14 Å². The van der Waals surface area contributed by atoms with Gasteiger partial charge in [-0.05, 0) is 21.7 Å². The average Bonchev–Trinajstić information content (AvgIpc) is 3.04. The number of pyridine rings is 1. The summed E-state index contributed by atoms with van der Waals surface area (Å²) in [6, 6.07) is 51.1. The van der Waals surface area contributed by atoms with Crippen LogP contribution in [0.4, 0.5) is 0 Å². The second-order valence-corrected chi connectivity index (χ2v) is 12.7. The van der Waals surface area contributed by atoms with E-state index < -0.39 is 7.14 Å². The van der Waals surface area contributed by atoms with E-state index in [2.05, 4.69) is 78.9 Å². The molecule has 0 saturated carbocycles. The summed E-state index contributed by atoms with van der Waals surface area (Å²) in [5, 5.41) is 7.13. The largest absolute Gasteiger partial charge is 0.309 e. The molecule has 0 aliphatic heterocycles. The summed E-state index contributed by atoms with van der Waals surface area (Å²) in [4.78, 5) is 5.02. The van der Waals surface area contributed by atoms with Crippen molar-refractivity contribution in [3.63, 3.8) is 0 Å². The Bertz CT molecular complexity index is 1970. The fourth-order valence-corrected chi connectivity index (χ4v) is 8.29. The van der Waals surface area contributed by atoms with Crippen molar-refractivity contribution < 1.29 is 4.57 Å². The normalized spacial score (nSPS) is 11.6. The van der Waals surface area contributed by atoms with Crippen molar-refractivity contribution in [3.05, 3.63) is 158 Å². The smallest absolute Gasteiger partial charge is 0.171 e. The molecule has 1 aromatic heterocycles. The highest BCUT2D eigenvalue weighted by Gasteiger charge is 2.29. The molecule has 7 aromatic rings. The van der Waals surface area contributed by atoms with Crippen LogP contribution in [0.1, 0.15) is 0 Å². The Morgan fingerprint density at radius 2 is 0.950 bits per heavy atom. The Morgan fingerprint density at radius 1 is 0.425 bits per heavy atom. The van der Waals surface area contributed by atoms with Crippen molar-refractivity contribution in [1.82, 2.24) is 4.98 Å². The van der Waals surface area contributed by atoms with Gasteiger partial charge in [0.1, 0.15) is 0 Å². The Morgan fingerprint density at radius 3 is 1.62 bits per heavy atom. The van der Waals surface area contributed by atoms with Crippen LogP contribution in [-0.2, 0) is 4.57 Å². The predicted molar refractivity (Wildman–Crippen MR) is 170 cm³/mol. The molecule has 190 valence electrons. The van der Waals surface area contributed by atoms with E-state index in [4.69, 9.17) is 4.98 Å². The van der Waals surface area contributed by atoms with Gasteiger partial charge in [-0.1, -0.05) is 152 Å². The zero-order valence-electron chi connectivity index (χ0n) is 21.8. The molecule has 7 rings (SSSR count). The molecule has 0 N–H and O–H groups in total. The summed E-state index contributed by atoms with van der Waals surface area (Å²) in [5.41, 5.74) is 4.21. The molecule has 0 radical (unpaired) electrons. The molecule has 0 saturated heterocycles. The molecule has 0 atom stereocenters. The van der Waals surface area contributed by atoms with Crippen LogP contribution in [-0.4, -0.2) is 4.98 Å². The lowest BCUT2D eigenvalue weighted by Gasteiger charge is -2.20. The van der Waals surface area contributed by atoms with E-state index in [0.717, 1.165) is 49.1 Å². The van der Waals surface area contributed by atoms with Gasteiger partial charge in [0.05, 0.1) is 5.69 Å². The van der Waals surface area contributed by atoms with Crippen molar-refractivity contribution in [2.45, 2.75) is 0 Å². The van der Waals surface area contributed by atoms with Gasteiger partial charge in [0, 0.05) is 38.6 Å². The molecule has 0 unspecified atom stereocenters. The van der Waals surface area contributed by atoms with Crippen LogP contribution in [0.5, 0.6) is 0 Å². The van der Waals surface area contributed by atoms with Crippen molar-refractivity contribution in [1.29, 1.82) is 0 Å². The van der Waals surface area contributed by atoms with Gasteiger partial charge in [-0.15, -0.1) is 0 Å². The average molecular weight is 532 g/mol. The number of benzene rings is 6. The van der Waals surface area contributed by atoms with Gasteiger partial charge in [0.25, 0.3) is 0 Å². The number of aromatic nitrogens is 1. The minimum absolute atomic E-state index is 0.818. The Hall–Kier alpha value is -4.78. The zero-order chi connectivity index (χ0) is 26.9. The molecule has 0 aliphatic rings. The van der Waals surface area contributed by atoms with Gasteiger partial charge < -0.3 is 4.57 Å². The molecular formula is C37H26NOP. The van der Waals surface area contributed by atoms with Crippen molar-refractivity contribution in [2.75, 3.05) is 0 Å². The Balaban J connectivity index is 1.36. The summed E-state index contributed by atoms with van der Waals surface area (Å²) in [6.45, 7) is 0. The molecule has 0 fully saturated rings. The van der Waals surface area contributed by atoms with Gasteiger partial charge in [0.2, 0.25) is 0 Å². The van der Waals surface area contributed by atoms with E-state index in [9.17, 15) is 4.57 Å². The molecule has 0 aliphatic carbocycles. The number of nitrogens with zero attached hydrogens (tertiary/aromatic N) is 1. The van der Waals surface area contributed by atoms with Gasteiger partial charge in [-0.25, -0.2) is 0 Å². The van der Waals surface area contributed by atoms with Crippen LogP contribution in [0.3, 0.4) is 0 Å². The maximum atomic E-state index is 14.8. The number of hydrogen-bond donors (Lipinski definition) is 0. The van der Waals surface area contributed by atoms with Gasteiger partial charge in [-0.3, -0.25) is 4.98 Å². The lowest BCUT2D eigenvalue weighted by atomic mass is 9.95. The van der Waals surface area contributed by atoms with Crippen LogP contribution in [0, 0.1) is 0 Å². The van der Waals surface area contributed by atoms with Crippen LogP contribution in [0.15, 0.2) is 158 Å². The Kier molecular flexibility index (Phi) is 6.11. The van der Waals surface area contributed by atoms with E-state index in [1.807, 2.05) is 79.0 Å². The summed E-state index contributed by atoms with van der Waals surface area (Å²) < 4.78 is 14.8. The minimum atomic E-state index is -3.02. The maximum Gasteiger partial charge on any atom is 0.171 e. The zero-order valence-corrected chi connectivity index (χ0v) is 22.7. The molecule has 0 bridgehead atoms. The first-order valence-corrected chi connectivity index (χ1v) is 15.1. The number of rotatable bonds is 5. The fourth-order valence-electron chi connectivity index (χ4n) is 5.64. The first-order chi connectivity index (χ1) is 19.7. The maximum absolute atomic E-state index is 14.8.